The molecule has 23 heavy (non-hydrogen) atoms. The molecule has 2 atom stereocenters. The Morgan fingerprint density at radius 3 is 2.70 bits per heavy atom. The van der Waals surface area contributed by atoms with E-state index >= 15 is 0 Å². The minimum absolute atomic E-state index is 0.0303. The predicted octanol–water partition coefficient (Wildman–Crippen LogP) is 2.94. The molecule has 4 nitrogen and oxygen atoms in total. The van der Waals surface area contributed by atoms with Crippen LogP contribution in [0, 0.1) is 0 Å². The highest BCUT2D eigenvalue weighted by Gasteiger charge is 2.13. The number of carbonyl (C=O) groups is 1. The van der Waals surface area contributed by atoms with Crippen LogP contribution in [0.4, 0.5) is 0 Å². The van der Waals surface area contributed by atoms with Gasteiger partial charge in [0.05, 0.1) is 18.6 Å². The van der Waals surface area contributed by atoms with E-state index in [0.29, 0.717) is 0 Å². The molecule has 0 aliphatic heterocycles. The number of carboxylic acids is 1. The number of aliphatic hydroxyl groups excluding tert-OH is 2. The van der Waals surface area contributed by atoms with Crippen molar-refractivity contribution in [3.8, 4) is 0 Å². The van der Waals surface area contributed by atoms with Crippen LogP contribution in [0.15, 0.2) is 42.5 Å². The third-order valence-corrected chi connectivity index (χ3v) is 4.06. The Hall–Kier alpha value is -1.91. The molecule has 0 saturated carbocycles. The van der Waals surface area contributed by atoms with Gasteiger partial charge in [-0.05, 0) is 42.4 Å². The minimum atomic E-state index is -1.06. The van der Waals surface area contributed by atoms with Gasteiger partial charge in [0.1, 0.15) is 0 Å². The molecule has 0 saturated heterocycles. The zero-order valence-electron chi connectivity index (χ0n) is 13.2. The fourth-order valence-corrected chi connectivity index (χ4v) is 2.93. The Morgan fingerprint density at radius 2 is 1.91 bits per heavy atom. The van der Waals surface area contributed by atoms with E-state index in [1.807, 2.05) is 12.1 Å². The first kappa shape index (κ1) is 17.4. The summed E-state index contributed by atoms with van der Waals surface area (Å²) < 4.78 is 0. The van der Waals surface area contributed by atoms with E-state index in [4.69, 9.17) is 5.11 Å². The van der Waals surface area contributed by atoms with E-state index < -0.39 is 18.2 Å². The summed E-state index contributed by atoms with van der Waals surface area (Å²) in [5, 5.41) is 28.0. The second-order valence-electron chi connectivity index (χ2n) is 6.00. The maximum absolute atomic E-state index is 10.5. The van der Waals surface area contributed by atoms with E-state index in [-0.39, 0.29) is 12.8 Å². The molecule has 2 rings (SSSR count). The summed E-state index contributed by atoms with van der Waals surface area (Å²) >= 11 is 0. The highest BCUT2D eigenvalue weighted by Crippen LogP contribution is 2.29. The lowest BCUT2D eigenvalue weighted by Gasteiger charge is -2.10. The fourth-order valence-electron chi connectivity index (χ4n) is 2.93. The lowest BCUT2D eigenvalue weighted by Crippen LogP contribution is -2.19. The number of hydrogen-bond acceptors (Lipinski definition) is 3. The predicted molar refractivity (Wildman–Crippen MR) is 90.0 cm³/mol. The van der Waals surface area contributed by atoms with Crippen molar-refractivity contribution in [1.82, 2.24) is 0 Å². The zero-order valence-corrected chi connectivity index (χ0v) is 13.2. The molecule has 3 N–H and O–H groups in total. The number of allylic oxidation sites excluding steroid dienone is 3. The summed E-state index contributed by atoms with van der Waals surface area (Å²) in [7, 11) is 0. The van der Waals surface area contributed by atoms with Crippen LogP contribution in [0.5, 0.6) is 0 Å². The Morgan fingerprint density at radius 1 is 1.17 bits per heavy atom. The van der Waals surface area contributed by atoms with Crippen LogP contribution in [0.1, 0.15) is 43.2 Å². The van der Waals surface area contributed by atoms with Gasteiger partial charge in [0.2, 0.25) is 0 Å². The molecule has 0 unspecified atom stereocenters. The molecule has 0 bridgehead atoms. The van der Waals surface area contributed by atoms with Crippen molar-refractivity contribution in [2.75, 3.05) is 0 Å². The van der Waals surface area contributed by atoms with Gasteiger partial charge in [-0.3, -0.25) is 4.79 Å². The van der Waals surface area contributed by atoms with E-state index in [9.17, 15) is 15.0 Å². The fraction of sp³-hybridized carbons (Fsp3) is 0.421. The number of benzene rings is 1. The highest BCUT2D eigenvalue weighted by molar-refractivity contribution is 5.70. The number of fused-ring (bicyclic) bond motifs is 1. The van der Waals surface area contributed by atoms with Gasteiger partial charge in [-0.2, -0.15) is 0 Å². The lowest BCUT2D eigenvalue weighted by atomic mass is 9.98. The van der Waals surface area contributed by atoms with Crippen LogP contribution in [0.3, 0.4) is 0 Å². The van der Waals surface area contributed by atoms with Crippen LogP contribution < -0.4 is 0 Å². The number of aliphatic carboxylic acids is 1. The Balaban J connectivity index is 2.00. The van der Waals surface area contributed by atoms with Crippen LogP contribution >= 0.6 is 0 Å². The molecule has 4 heteroatoms. The SMILES string of the molecule is O=C(O)C[C@H](O)C[C@H](O)/C=C/C=C1/CCCCc2ccccc21. The van der Waals surface area contributed by atoms with E-state index in [1.54, 1.807) is 12.2 Å². The topological polar surface area (TPSA) is 77.8 Å². The molecular weight excluding hydrogens is 292 g/mol. The second kappa shape index (κ2) is 8.65. The van der Waals surface area contributed by atoms with E-state index in [0.717, 1.165) is 19.3 Å². The molecule has 0 amide bonds. The third kappa shape index (κ3) is 5.66. The number of carboxylic acid groups (broad SMARTS) is 1. The van der Waals surface area contributed by atoms with Crippen molar-refractivity contribution in [2.45, 2.75) is 50.7 Å². The van der Waals surface area contributed by atoms with Gasteiger partial charge < -0.3 is 15.3 Å². The summed E-state index contributed by atoms with van der Waals surface area (Å²) in [6, 6.07) is 8.40. The Bertz CT molecular complexity index is 589. The molecule has 0 radical (unpaired) electrons. The van der Waals surface area contributed by atoms with Crippen molar-refractivity contribution < 1.29 is 20.1 Å². The number of hydrogen-bond donors (Lipinski definition) is 3. The van der Waals surface area contributed by atoms with Gasteiger partial charge in [-0.1, -0.05) is 42.5 Å². The van der Waals surface area contributed by atoms with Crippen molar-refractivity contribution >= 4 is 11.5 Å². The highest BCUT2D eigenvalue weighted by atomic mass is 16.4. The molecule has 1 aliphatic carbocycles. The normalized spacial score (nSPS) is 19.3. The second-order valence-corrected chi connectivity index (χ2v) is 6.00. The van der Waals surface area contributed by atoms with Crippen LogP contribution in [-0.2, 0) is 11.2 Å². The molecular formula is C19H24O4. The van der Waals surface area contributed by atoms with Crippen LogP contribution in [0.2, 0.25) is 0 Å². The smallest absolute Gasteiger partial charge is 0.305 e. The average Bonchev–Trinajstić information content (AvgIpc) is 2.69. The zero-order chi connectivity index (χ0) is 16.7. The first-order chi connectivity index (χ1) is 11.1. The Labute approximate surface area is 136 Å². The number of rotatable bonds is 6. The molecule has 1 aliphatic rings. The number of aryl methyl sites for hydroxylation is 1. The van der Waals surface area contributed by atoms with Gasteiger partial charge >= 0.3 is 5.97 Å². The lowest BCUT2D eigenvalue weighted by molar-refractivity contribution is -0.139. The minimum Gasteiger partial charge on any atom is -0.481 e. The molecule has 1 aromatic carbocycles. The van der Waals surface area contributed by atoms with Crippen LogP contribution in [-0.4, -0.2) is 33.5 Å². The molecule has 0 aromatic heterocycles. The van der Waals surface area contributed by atoms with Gasteiger partial charge in [0.15, 0.2) is 0 Å². The van der Waals surface area contributed by atoms with Crippen LogP contribution in [0.25, 0.3) is 5.57 Å². The van der Waals surface area contributed by atoms with Crippen molar-refractivity contribution in [2.24, 2.45) is 0 Å². The van der Waals surface area contributed by atoms with Crippen molar-refractivity contribution in [3.05, 3.63) is 53.6 Å². The van der Waals surface area contributed by atoms with E-state index in [2.05, 4.69) is 18.2 Å². The van der Waals surface area contributed by atoms with Gasteiger partial charge in [-0.15, -0.1) is 0 Å². The largest absolute Gasteiger partial charge is 0.481 e. The quantitative estimate of drug-likeness (QED) is 0.705. The molecule has 0 heterocycles. The standard InChI is InChI=1S/C19H24O4/c20-16(12-17(21)13-19(22)23)10-5-9-15-7-2-1-6-14-8-3-4-11-18(14)15/h3-5,8-11,16-17,20-21H,1-2,6-7,12-13H2,(H,22,23)/b10-5+,15-9-/t16-,17-/m1/s1. The van der Waals surface area contributed by atoms with Crippen molar-refractivity contribution in [3.63, 3.8) is 0 Å². The maximum Gasteiger partial charge on any atom is 0.305 e. The summed E-state index contributed by atoms with van der Waals surface area (Å²) in [6.07, 6.45) is 7.66. The van der Waals surface area contributed by atoms with Crippen molar-refractivity contribution in [1.29, 1.82) is 0 Å². The van der Waals surface area contributed by atoms with Gasteiger partial charge in [0, 0.05) is 6.42 Å². The summed E-state index contributed by atoms with van der Waals surface area (Å²) in [5.41, 5.74) is 3.89. The third-order valence-electron chi connectivity index (χ3n) is 4.06. The number of aliphatic hydroxyl groups is 2. The molecule has 0 fully saturated rings. The van der Waals surface area contributed by atoms with E-state index in [1.165, 1.54) is 23.1 Å². The first-order valence-electron chi connectivity index (χ1n) is 8.10. The Kier molecular flexibility index (Phi) is 6.56. The molecule has 1 aromatic rings. The molecule has 124 valence electrons. The monoisotopic (exact) mass is 316 g/mol. The van der Waals surface area contributed by atoms with Gasteiger partial charge in [0.25, 0.3) is 0 Å². The molecule has 0 spiro atoms. The maximum atomic E-state index is 10.5. The summed E-state index contributed by atoms with van der Waals surface area (Å²) in [5.74, 6) is -1.06. The first-order valence-corrected chi connectivity index (χ1v) is 8.10. The summed E-state index contributed by atoms with van der Waals surface area (Å²) in [4.78, 5) is 10.5. The van der Waals surface area contributed by atoms with Gasteiger partial charge in [-0.25, -0.2) is 0 Å². The summed E-state index contributed by atoms with van der Waals surface area (Å²) in [6.45, 7) is 0. The average molecular weight is 316 g/mol.